The number of esters is 1. The molecule has 3 unspecified atom stereocenters. The van der Waals surface area contributed by atoms with E-state index < -0.39 is 20.0 Å². The minimum atomic E-state index is -4.46. The van der Waals surface area contributed by atoms with E-state index in [0.717, 1.165) is 77.0 Å². The number of quaternary nitrogens is 1. The molecular formula is C73H136N2O7P+. The van der Waals surface area contributed by atoms with Crippen molar-refractivity contribution in [1.29, 1.82) is 0 Å². The smallest absolute Gasteiger partial charge is 0.456 e. The van der Waals surface area contributed by atoms with E-state index in [1.54, 1.807) is 0 Å². The highest BCUT2D eigenvalue weighted by Gasteiger charge is 2.30. The minimum Gasteiger partial charge on any atom is -0.456 e. The summed E-state index contributed by atoms with van der Waals surface area (Å²) >= 11 is 0. The van der Waals surface area contributed by atoms with Gasteiger partial charge in [0.05, 0.1) is 33.8 Å². The van der Waals surface area contributed by atoms with E-state index in [2.05, 4.69) is 86.8 Å². The van der Waals surface area contributed by atoms with Crippen LogP contribution in [0.2, 0.25) is 0 Å². The molecule has 0 aromatic heterocycles. The molecule has 0 heterocycles. The first-order valence-corrected chi connectivity index (χ1v) is 36.8. The Hall–Kier alpha value is -2.55. The Labute approximate surface area is 514 Å². The van der Waals surface area contributed by atoms with Gasteiger partial charge in [-0.2, -0.15) is 0 Å². The molecule has 9 nitrogen and oxygen atoms in total. The van der Waals surface area contributed by atoms with Gasteiger partial charge in [-0.3, -0.25) is 18.6 Å². The normalized spacial score (nSPS) is 14.0. The van der Waals surface area contributed by atoms with Crippen molar-refractivity contribution >= 4 is 19.7 Å². The molecule has 3 atom stereocenters. The van der Waals surface area contributed by atoms with E-state index in [4.69, 9.17) is 13.8 Å². The summed E-state index contributed by atoms with van der Waals surface area (Å²) in [6, 6.07) is -0.863. The third kappa shape index (κ3) is 63.8. The molecule has 0 aliphatic carbocycles. The lowest BCUT2D eigenvalue weighted by Gasteiger charge is -2.27. The molecule has 0 aromatic carbocycles. The molecule has 83 heavy (non-hydrogen) atoms. The Bertz CT molecular complexity index is 1650. The molecule has 0 bridgehead atoms. The van der Waals surface area contributed by atoms with Crippen molar-refractivity contribution in [2.24, 2.45) is 0 Å². The molecule has 0 rings (SSSR count). The van der Waals surface area contributed by atoms with Crippen LogP contribution >= 0.6 is 7.82 Å². The van der Waals surface area contributed by atoms with E-state index in [0.29, 0.717) is 23.9 Å². The van der Waals surface area contributed by atoms with E-state index >= 15 is 0 Å². The van der Waals surface area contributed by atoms with Gasteiger partial charge in [-0.15, -0.1) is 0 Å². The summed E-state index contributed by atoms with van der Waals surface area (Å²) in [5, 5.41) is 3.06. The second-order valence-electron chi connectivity index (χ2n) is 25.0. The van der Waals surface area contributed by atoms with Crippen molar-refractivity contribution in [3.8, 4) is 0 Å². The maximum absolute atomic E-state index is 13.6. The highest BCUT2D eigenvalue weighted by atomic mass is 31.2. The van der Waals surface area contributed by atoms with Crippen LogP contribution in [0.25, 0.3) is 0 Å². The number of phosphoric ester groups is 1. The van der Waals surface area contributed by atoms with Crippen LogP contribution in [-0.2, 0) is 27.9 Å². The van der Waals surface area contributed by atoms with Crippen molar-refractivity contribution in [3.63, 3.8) is 0 Å². The summed E-state index contributed by atoms with van der Waals surface area (Å²) in [6.07, 6.45) is 82.1. The summed E-state index contributed by atoms with van der Waals surface area (Å²) in [7, 11) is 1.48. The van der Waals surface area contributed by atoms with Crippen molar-refractivity contribution in [3.05, 3.63) is 72.9 Å². The van der Waals surface area contributed by atoms with Crippen molar-refractivity contribution < 1.29 is 37.3 Å². The highest BCUT2D eigenvalue weighted by molar-refractivity contribution is 7.47. The number of nitrogens with zero attached hydrogens (tertiary/aromatic N) is 1. The van der Waals surface area contributed by atoms with Crippen molar-refractivity contribution in [2.45, 2.75) is 341 Å². The minimum absolute atomic E-state index is 0.0339. The largest absolute Gasteiger partial charge is 0.472 e. The molecule has 484 valence electrons. The average molecular weight is 1180 g/mol. The highest BCUT2D eigenvalue weighted by Crippen LogP contribution is 2.43. The molecule has 0 fully saturated rings. The first-order chi connectivity index (χ1) is 40.4. The van der Waals surface area contributed by atoms with Gasteiger partial charge in [-0.25, -0.2) is 4.57 Å². The number of ether oxygens (including phenoxy) is 1. The number of hydrogen-bond donors (Lipinski definition) is 2. The van der Waals surface area contributed by atoms with Gasteiger partial charge in [-0.05, 0) is 102 Å². The summed E-state index contributed by atoms with van der Waals surface area (Å²) < 4.78 is 30.8. The predicted octanol–water partition coefficient (Wildman–Crippen LogP) is 22.3. The summed E-state index contributed by atoms with van der Waals surface area (Å²) in [4.78, 5) is 37.8. The van der Waals surface area contributed by atoms with Crippen LogP contribution in [0.4, 0.5) is 0 Å². The zero-order valence-corrected chi connectivity index (χ0v) is 56.3. The summed E-state index contributed by atoms with van der Waals surface area (Å²) in [5.41, 5.74) is 0. The Morgan fingerprint density at radius 1 is 0.422 bits per heavy atom. The van der Waals surface area contributed by atoms with Gasteiger partial charge in [-0.1, -0.05) is 287 Å². The van der Waals surface area contributed by atoms with Crippen LogP contribution in [0.3, 0.4) is 0 Å². The molecule has 0 spiro atoms. The topological polar surface area (TPSA) is 111 Å². The molecular weight excluding hydrogens is 1050 g/mol. The number of nitrogens with one attached hydrogen (secondary N) is 1. The second-order valence-corrected chi connectivity index (χ2v) is 26.5. The monoisotopic (exact) mass is 1180 g/mol. The van der Waals surface area contributed by atoms with Crippen molar-refractivity contribution in [1.82, 2.24) is 5.32 Å². The molecule has 0 aliphatic heterocycles. The molecule has 0 radical (unpaired) electrons. The van der Waals surface area contributed by atoms with Crippen LogP contribution < -0.4 is 5.32 Å². The lowest BCUT2D eigenvalue weighted by Crippen LogP contribution is -2.47. The average Bonchev–Trinajstić information content (AvgIpc) is 3.51. The first kappa shape index (κ1) is 80.5. The number of phosphoric acid groups is 1. The standard InChI is InChI=1S/C73H135N2O7P/c1-7-10-13-16-19-22-25-27-29-31-33-34-35-36-37-38-39-40-42-43-45-47-50-53-56-59-62-65-72(76)74-70(69-81-83(78,79)80-68-67-75(4,5)6)71(64-61-58-55-52-49-24-21-18-15-12-9-3)82-73(77)66-63-60-57-54-51-48-46-44-41-32-30-28-26-23-20-17-14-11-8-2/h20,23,27-30,41,44,48,51,61,64,70-71H,7-19,21-22,24-26,31-40,42-43,45-47,49-50,52-60,62-63,65-69H2,1-6H3,(H-,74,76,78,79)/p+1/b23-20-,29-27+,30-28-,44-41-,51-48-,64-61-. The van der Waals surface area contributed by atoms with E-state index in [1.807, 2.05) is 33.3 Å². The third-order valence-electron chi connectivity index (χ3n) is 15.6. The number of hydrogen-bond acceptors (Lipinski definition) is 6. The zero-order valence-electron chi connectivity index (χ0n) is 55.4. The van der Waals surface area contributed by atoms with Crippen LogP contribution in [-0.4, -0.2) is 74.3 Å². The quantitative estimate of drug-likeness (QED) is 0.0205. The fourth-order valence-electron chi connectivity index (χ4n) is 10.2. The summed E-state index contributed by atoms with van der Waals surface area (Å²) in [6.45, 7) is 6.98. The number of unbranched alkanes of at least 4 members (excludes halogenated alkanes) is 38. The van der Waals surface area contributed by atoms with E-state index in [-0.39, 0.29) is 31.5 Å². The number of allylic oxidation sites excluding steroid dienone is 11. The SMILES string of the molecule is CCCCC/C=C\C/C=C\C/C=C\C/C=C\CCCCCC(=O)OC(/C=C\CCCCCCCCCCC)C(COP(=O)(O)OCC[N+](C)(C)C)NC(=O)CCCCCCCCCCCCCCCCCCC/C=C/CCCCCCCC. The fraction of sp³-hybridized carbons (Fsp3) is 0.808. The number of likely N-dealkylation sites (N-methyl/N-ethyl adjacent to an activating group) is 1. The van der Waals surface area contributed by atoms with Gasteiger partial charge in [0.1, 0.15) is 19.3 Å². The molecule has 10 heteroatoms. The number of carbonyl (C=O) groups excluding carboxylic acids is 2. The van der Waals surface area contributed by atoms with Gasteiger partial charge in [0, 0.05) is 12.8 Å². The Morgan fingerprint density at radius 3 is 1.14 bits per heavy atom. The van der Waals surface area contributed by atoms with E-state index in [9.17, 15) is 19.0 Å². The number of amides is 1. The fourth-order valence-corrected chi connectivity index (χ4v) is 10.9. The molecule has 0 saturated heterocycles. The maximum atomic E-state index is 13.6. The second kappa shape index (κ2) is 62.5. The predicted molar refractivity (Wildman–Crippen MR) is 360 cm³/mol. The van der Waals surface area contributed by atoms with Gasteiger partial charge in [0.15, 0.2) is 0 Å². The van der Waals surface area contributed by atoms with Crippen molar-refractivity contribution in [2.75, 3.05) is 40.9 Å². The molecule has 0 aliphatic rings. The number of rotatable bonds is 64. The Balaban J connectivity index is 5.03. The maximum Gasteiger partial charge on any atom is 0.472 e. The third-order valence-corrected chi connectivity index (χ3v) is 16.6. The Morgan fingerprint density at radius 2 is 0.735 bits per heavy atom. The van der Waals surface area contributed by atoms with Gasteiger partial charge >= 0.3 is 13.8 Å². The van der Waals surface area contributed by atoms with Crippen LogP contribution in [0.15, 0.2) is 72.9 Å². The zero-order chi connectivity index (χ0) is 60.7. The number of carbonyl (C=O) groups is 2. The van der Waals surface area contributed by atoms with Gasteiger partial charge < -0.3 is 19.4 Å². The van der Waals surface area contributed by atoms with Crippen LogP contribution in [0.1, 0.15) is 329 Å². The molecule has 2 N–H and O–H groups in total. The molecule has 0 saturated carbocycles. The van der Waals surface area contributed by atoms with Crippen LogP contribution in [0, 0.1) is 0 Å². The van der Waals surface area contributed by atoms with Crippen LogP contribution in [0.5, 0.6) is 0 Å². The van der Waals surface area contributed by atoms with Gasteiger partial charge in [0.25, 0.3) is 0 Å². The van der Waals surface area contributed by atoms with E-state index in [1.165, 1.54) is 212 Å². The first-order valence-electron chi connectivity index (χ1n) is 35.3. The lowest BCUT2D eigenvalue weighted by molar-refractivity contribution is -0.870. The summed E-state index contributed by atoms with van der Waals surface area (Å²) in [5.74, 6) is -0.532. The Kier molecular flexibility index (Phi) is 60.6. The van der Waals surface area contributed by atoms with Gasteiger partial charge in [0.2, 0.25) is 5.91 Å². The molecule has 0 aromatic rings. The molecule has 1 amide bonds. The lowest BCUT2D eigenvalue weighted by atomic mass is 10.0.